The zero-order valence-corrected chi connectivity index (χ0v) is 21.1. The molecule has 0 radical (unpaired) electrons. The lowest BCUT2D eigenvalue weighted by atomic mass is 9.98. The van der Waals surface area contributed by atoms with Crippen molar-refractivity contribution >= 4 is 24.0 Å². The van der Waals surface area contributed by atoms with E-state index in [1.807, 2.05) is 42.5 Å². The predicted molar refractivity (Wildman–Crippen MR) is 145 cm³/mol. The second-order valence-corrected chi connectivity index (χ2v) is 10.1. The fourth-order valence-electron chi connectivity index (χ4n) is 4.95. The third-order valence-corrected chi connectivity index (χ3v) is 8.13. The van der Waals surface area contributed by atoms with E-state index in [-0.39, 0.29) is 11.9 Å². The number of aldehydes is 1. The lowest BCUT2D eigenvalue weighted by Crippen LogP contribution is -2.12. The molecule has 36 heavy (non-hydrogen) atoms. The molecule has 0 bridgehead atoms. The van der Waals surface area contributed by atoms with Crippen molar-refractivity contribution in [3.05, 3.63) is 119 Å². The topological polar surface area (TPSA) is 43.4 Å². The van der Waals surface area contributed by atoms with Gasteiger partial charge in [0.25, 0.3) is 0 Å². The van der Waals surface area contributed by atoms with Gasteiger partial charge in [0, 0.05) is 27.7 Å². The van der Waals surface area contributed by atoms with Crippen LogP contribution in [0.15, 0.2) is 101 Å². The lowest BCUT2D eigenvalue weighted by Gasteiger charge is -2.15. The van der Waals surface area contributed by atoms with E-state index in [0.29, 0.717) is 25.0 Å². The minimum Gasteiger partial charge on any atom is -0.465 e. The van der Waals surface area contributed by atoms with Crippen LogP contribution in [-0.2, 0) is 16.0 Å². The first-order chi connectivity index (χ1) is 17.7. The Kier molecular flexibility index (Phi) is 7.33. The molecule has 3 nitrogen and oxygen atoms in total. The summed E-state index contributed by atoms with van der Waals surface area (Å²) in [7, 11) is 0. The van der Waals surface area contributed by atoms with Gasteiger partial charge in [-0.25, -0.2) is 0 Å². The molecule has 0 atom stereocenters. The summed E-state index contributed by atoms with van der Waals surface area (Å²) in [6, 6.07) is 30.6. The quantitative estimate of drug-likeness (QED) is 0.178. The molecule has 5 rings (SSSR count). The van der Waals surface area contributed by atoms with Crippen LogP contribution in [0.2, 0.25) is 0 Å². The number of ether oxygens (including phenoxy) is 1. The predicted octanol–water partition coefficient (Wildman–Crippen LogP) is 7.64. The Morgan fingerprint density at radius 1 is 0.861 bits per heavy atom. The molecule has 0 unspecified atom stereocenters. The number of aryl methyl sites for hydroxylation is 2. The standard InChI is InChI=1S/C32H28O3S/c1-22-10-8-12-23(32(22)36-30-18-7-2-11-24(30)20-33)13-9-19-31(34)35-21-29-27-16-5-3-14-25(27)26-15-4-6-17-28(26)29/h2-8,10-12,14-18,20,29H,9,13,19,21H2,1H3. The van der Waals surface area contributed by atoms with Crippen LogP contribution in [-0.4, -0.2) is 18.9 Å². The highest BCUT2D eigenvalue weighted by atomic mass is 32.2. The maximum atomic E-state index is 12.7. The van der Waals surface area contributed by atoms with Crippen molar-refractivity contribution < 1.29 is 14.3 Å². The normalized spacial score (nSPS) is 12.1. The average Bonchev–Trinajstić information content (AvgIpc) is 3.23. The van der Waals surface area contributed by atoms with Gasteiger partial charge in [-0.2, -0.15) is 0 Å². The molecule has 1 aliphatic carbocycles. The molecule has 4 aromatic carbocycles. The van der Waals surface area contributed by atoms with Gasteiger partial charge in [-0.1, -0.05) is 96.7 Å². The van der Waals surface area contributed by atoms with Crippen molar-refractivity contribution in [2.75, 3.05) is 6.61 Å². The Morgan fingerprint density at radius 2 is 1.53 bits per heavy atom. The number of rotatable bonds is 9. The average molecular weight is 493 g/mol. The molecular weight excluding hydrogens is 464 g/mol. The fourth-order valence-corrected chi connectivity index (χ4v) is 6.08. The fraction of sp³-hybridized carbons (Fsp3) is 0.188. The van der Waals surface area contributed by atoms with Crippen LogP contribution in [0.1, 0.15) is 51.4 Å². The van der Waals surface area contributed by atoms with E-state index in [0.717, 1.165) is 22.5 Å². The Balaban J connectivity index is 1.20. The number of esters is 1. The zero-order chi connectivity index (χ0) is 24.9. The van der Waals surface area contributed by atoms with Gasteiger partial charge < -0.3 is 4.74 Å². The van der Waals surface area contributed by atoms with Crippen molar-refractivity contribution in [3.63, 3.8) is 0 Å². The second kappa shape index (κ2) is 11.0. The van der Waals surface area contributed by atoms with Crippen LogP contribution >= 0.6 is 11.8 Å². The van der Waals surface area contributed by atoms with Crippen LogP contribution < -0.4 is 0 Å². The van der Waals surface area contributed by atoms with Crippen molar-refractivity contribution in [2.24, 2.45) is 0 Å². The number of carbonyl (C=O) groups excluding carboxylic acids is 2. The van der Waals surface area contributed by atoms with E-state index in [1.165, 1.54) is 33.4 Å². The molecule has 4 aromatic rings. The van der Waals surface area contributed by atoms with Crippen LogP contribution in [0.3, 0.4) is 0 Å². The van der Waals surface area contributed by atoms with Gasteiger partial charge in [0.1, 0.15) is 6.61 Å². The Morgan fingerprint density at radius 3 is 2.25 bits per heavy atom. The first-order valence-corrected chi connectivity index (χ1v) is 13.1. The smallest absolute Gasteiger partial charge is 0.305 e. The molecule has 0 saturated heterocycles. The van der Waals surface area contributed by atoms with Crippen molar-refractivity contribution in [1.29, 1.82) is 0 Å². The molecule has 0 aliphatic heterocycles. The Hall–Kier alpha value is -3.63. The minimum atomic E-state index is -0.162. The molecule has 0 saturated carbocycles. The summed E-state index contributed by atoms with van der Waals surface area (Å²) in [6.07, 6.45) is 2.76. The number of hydrogen-bond acceptors (Lipinski definition) is 4. The van der Waals surface area contributed by atoms with Crippen molar-refractivity contribution in [2.45, 2.75) is 41.9 Å². The van der Waals surface area contributed by atoms with Gasteiger partial charge in [-0.15, -0.1) is 0 Å². The summed E-state index contributed by atoms with van der Waals surface area (Å²) in [5, 5.41) is 0. The molecule has 0 heterocycles. The summed E-state index contributed by atoms with van der Waals surface area (Å²) >= 11 is 1.62. The summed E-state index contributed by atoms with van der Waals surface area (Å²) < 4.78 is 5.77. The van der Waals surface area contributed by atoms with Gasteiger partial charge in [0.2, 0.25) is 0 Å². The highest BCUT2D eigenvalue weighted by molar-refractivity contribution is 7.99. The number of hydrogen-bond donors (Lipinski definition) is 0. The SMILES string of the molecule is Cc1cccc(CCCC(=O)OCC2c3ccccc3-c3ccccc32)c1Sc1ccccc1C=O. The minimum absolute atomic E-state index is 0.0824. The summed E-state index contributed by atoms with van der Waals surface area (Å²) in [6.45, 7) is 2.45. The second-order valence-electron chi connectivity index (χ2n) is 9.08. The molecule has 0 fully saturated rings. The van der Waals surface area contributed by atoms with Crippen LogP contribution in [0.25, 0.3) is 11.1 Å². The van der Waals surface area contributed by atoms with Gasteiger partial charge in [-0.3, -0.25) is 9.59 Å². The van der Waals surface area contributed by atoms with E-state index < -0.39 is 0 Å². The Labute approximate surface area is 216 Å². The maximum absolute atomic E-state index is 12.7. The first kappa shape index (κ1) is 24.1. The zero-order valence-electron chi connectivity index (χ0n) is 20.3. The van der Waals surface area contributed by atoms with Gasteiger partial charge in [-0.05, 0) is 59.2 Å². The van der Waals surface area contributed by atoms with E-state index in [4.69, 9.17) is 4.74 Å². The number of benzene rings is 4. The third kappa shape index (κ3) is 5.00. The highest BCUT2D eigenvalue weighted by Crippen LogP contribution is 2.44. The molecule has 1 aliphatic rings. The molecule has 180 valence electrons. The third-order valence-electron chi connectivity index (χ3n) is 6.75. The van der Waals surface area contributed by atoms with Crippen molar-refractivity contribution in [1.82, 2.24) is 0 Å². The largest absolute Gasteiger partial charge is 0.465 e. The van der Waals surface area contributed by atoms with Crippen LogP contribution in [0, 0.1) is 6.92 Å². The summed E-state index contributed by atoms with van der Waals surface area (Å²) in [5.41, 5.74) is 7.96. The molecule has 0 spiro atoms. The Bertz CT molecular complexity index is 1360. The molecule has 4 heteroatoms. The lowest BCUT2D eigenvalue weighted by molar-refractivity contribution is -0.144. The van der Waals surface area contributed by atoms with Crippen molar-refractivity contribution in [3.8, 4) is 11.1 Å². The van der Waals surface area contributed by atoms with Gasteiger partial charge in [0.15, 0.2) is 6.29 Å². The number of carbonyl (C=O) groups is 2. The van der Waals surface area contributed by atoms with Gasteiger partial charge in [0.05, 0.1) is 0 Å². The summed E-state index contributed by atoms with van der Waals surface area (Å²) in [4.78, 5) is 26.2. The summed E-state index contributed by atoms with van der Waals surface area (Å²) in [5.74, 6) is -0.0796. The number of fused-ring (bicyclic) bond motifs is 3. The van der Waals surface area contributed by atoms with Crippen LogP contribution in [0.5, 0.6) is 0 Å². The van der Waals surface area contributed by atoms with E-state index in [2.05, 4.69) is 55.5 Å². The van der Waals surface area contributed by atoms with E-state index in [9.17, 15) is 9.59 Å². The maximum Gasteiger partial charge on any atom is 0.305 e. The first-order valence-electron chi connectivity index (χ1n) is 12.3. The van der Waals surface area contributed by atoms with E-state index in [1.54, 1.807) is 11.8 Å². The monoisotopic (exact) mass is 492 g/mol. The molecular formula is C32H28O3S. The molecule has 0 N–H and O–H groups in total. The van der Waals surface area contributed by atoms with Gasteiger partial charge >= 0.3 is 5.97 Å². The van der Waals surface area contributed by atoms with E-state index >= 15 is 0 Å². The van der Waals surface area contributed by atoms with Crippen LogP contribution in [0.4, 0.5) is 0 Å². The molecule has 0 aromatic heterocycles. The molecule has 0 amide bonds. The highest BCUT2D eigenvalue weighted by Gasteiger charge is 2.28.